The third-order valence-corrected chi connectivity index (χ3v) is 2.11. The first kappa shape index (κ1) is 10.9. The van der Waals surface area contributed by atoms with Crippen LogP contribution in [-0.2, 0) is 11.3 Å². The summed E-state index contributed by atoms with van der Waals surface area (Å²) in [5.41, 5.74) is 5.20. The summed E-state index contributed by atoms with van der Waals surface area (Å²) in [6.07, 6.45) is 1.74. The lowest BCUT2D eigenvalue weighted by Gasteiger charge is -2.07. The fraction of sp³-hybridized carbons (Fsp3) is 0.571. The van der Waals surface area contributed by atoms with Crippen LogP contribution in [0.1, 0.15) is 6.42 Å². The predicted octanol–water partition coefficient (Wildman–Crippen LogP) is -0.903. The van der Waals surface area contributed by atoms with Gasteiger partial charge in [-0.2, -0.15) is 5.10 Å². The number of hydrogen-bond acceptors (Lipinski definition) is 4. The maximum Gasteiger partial charge on any atom is 0.343 e. The first-order valence-electron chi connectivity index (χ1n) is 4.09. The van der Waals surface area contributed by atoms with Gasteiger partial charge in [-0.25, -0.2) is 9.89 Å². The monoisotopic (exact) mass is 218 g/mol. The zero-order chi connectivity index (χ0) is 10.6. The molecule has 0 amide bonds. The van der Waals surface area contributed by atoms with E-state index >= 15 is 0 Å². The Bertz CT molecular complexity index is 359. The molecule has 1 heterocycles. The maximum absolute atomic E-state index is 11.0. The van der Waals surface area contributed by atoms with E-state index in [2.05, 4.69) is 10.2 Å². The summed E-state index contributed by atoms with van der Waals surface area (Å²) in [6, 6.07) is -0.616. The summed E-state index contributed by atoms with van der Waals surface area (Å²) in [5, 5.41) is 5.78. The van der Waals surface area contributed by atoms with E-state index < -0.39 is 6.04 Å². The first-order chi connectivity index (χ1) is 6.65. The van der Waals surface area contributed by atoms with Crippen molar-refractivity contribution in [2.24, 2.45) is 5.73 Å². The van der Waals surface area contributed by atoms with Crippen LogP contribution in [-0.4, -0.2) is 32.5 Å². The highest BCUT2D eigenvalue weighted by Gasteiger charge is 2.12. The van der Waals surface area contributed by atoms with Crippen LogP contribution in [0.2, 0.25) is 0 Å². The van der Waals surface area contributed by atoms with Crippen molar-refractivity contribution in [2.45, 2.75) is 19.0 Å². The molecule has 7 heteroatoms. The second kappa shape index (κ2) is 4.92. The molecule has 1 aromatic heterocycles. The molecule has 14 heavy (non-hydrogen) atoms. The van der Waals surface area contributed by atoms with Crippen LogP contribution in [0.4, 0.5) is 0 Å². The molecule has 0 bridgehead atoms. The summed E-state index contributed by atoms with van der Waals surface area (Å²) in [6.45, 7) is 0.360. The molecule has 6 nitrogen and oxygen atoms in total. The lowest BCUT2D eigenvalue weighted by Crippen LogP contribution is -2.33. The van der Waals surface area contributed by atoms with E-state index in [4.69, 9.17) is 17.3 Å². The van der Waals surface area contributed by atoms with Crippen molar-refractivity contribution in [2.75, 3.05) is 5.88 Å². The molecule has 0 saturated heterocycles. The summed E-state index contributed by atoms with van der Waals surface area (Å²) in [4.78, 5) is 22.0. The minimum Gasteiger partial charge on any atom is -0.321 e. The Labute approximate surface area is 85.0 Å². The highest BCUT2D eigenvalue weighted by atomic mass is 35.5. The Morgan fingerprint density at radius 2 is 2.50 bits per heavy atom. The molecule has 0 aliphatic carbocycles. The molecule has 1 aromatic rings. The summed E-state index contributed by atoms with van der Waals surface area (Å²) < 4.78 is 1.35. The lowest BCUT2D eigenvalue weighted by atomic mass is 10.1. The van der Waals surface area contributed by atoms with Crippen molar-refractivity contribution in [1.82, 2.24) is 14.8 Å². The molecule has 1 rings (SSSR count). The SMILES string of the molecule is N[C@@H](CCn1cn[nH]c1=O)C(=O)CCl. The van der Waals surface area contributed by atoms with Gasteiger partial charge in [0.25, 0.3) is 0 Å². The number of hydrogen-bond donors (Lipinski definition) is 2. The van der Waals surface area contributed by atoms with Crippen molar-refractivity contribution >= 4 is 17.4 Å². The molecule has 0 fully saturated rings. The summed E-state index contributed by atoms with van der Waals surface area (Å²) >= 11 is 5.32. The minimum absolute atomic E-state index is 0.0958. The molecule has 0 aliphatic rings. The van der Waals surface area contributed by atoms with Crippen LogP contribution in [0.15, 0.2) is 11.1 Å². The number of carbonyl (C=O) groups excluding carboxylic acids is 1. The average molecular weight is 219 g/mol. The molecule has 0 spiro atoms. The van der Waals surface area contributed by atoms with Crippen molar-refractivity contribution in [3.8, 4) is 0 Å². The Balaban J connectivity index is 2.45. The number of halogens is 1. The molecule has 1 atom stereocenters. The van der Waals surface area contributed by atoms with Gasteiger partial charge in [0, 0.05) is 6.54 Å². The van der Waals surface area contributed by atoms with Gasteiger partial charge < -0.3 is 5.73 Å². The molecular formula is C7H11ClN4O2. The molecule has 0 aliphatic heterocycles. The van der Waals surface area contributed by atoms with E-state index in [0.717, 1.165) is 0 Å². The number of rotatable bonds is 5. The number of carbonyl (C=O) groups is 1. The van der Waals surface area contributed by atoms with Crippen LogP contribution < -0.4 is 11.4 Å². The number of nitrogens with zero attached hydrogens (tertiary/aromatic N) is 2. The molecule has 0 radical (unpaired) electrons. The van der Waals surface area contributed by atoms with Crippen LogP contribution in [0, 0.1) is 0 Å². The standard InChI is InChI=1S/C7H11ClN4O2/c8-3-6(13)5(9)1-2-12-4-10-11-7(12)14/h4-5H,1-3,9H2,(H,11,14)/t5-/m0/s1. The molecule has 3 N–H and O–H groups in total. The summed E-state index contributed by atoms with van der Waals surface area (Å²) in [5.74, 6) is -0.315. The average Bonchev–Trinajstić information content (AvgIpc) is 2.59. The Hall–Kier alpha value is -1.14. The van der Waals surface area contributed by atoms with Gasteiger partial charge in [0.1, 0.15) is 6.33 Å². The normalized spacial score (nSPS) is 12.7. The van der Waals surface area contributed by atoms with Gasteiger partial charge in [-0.15, -0.1) is 11.6 Å². The number of aromatic nitrogens is 3. The van der Waals surface area contributed by atoms with Gasteiger partial charge in [0.05, 0.1) is 11.9 Å². The Morgan fingerprint density at radius 3 is 3.00 bits per heavy atom. The molecular weight excluding hydrogens is 208 g/mol. The number of Topliss-reactive ketones (excluding diaryl/α,β-unsaturated/α-hetero) is 1. The number of aromatic amines is 1. The van der Waals surface area contributed by atoms with Gasteiger partial charge >= 0.3 is 5.69 Å². The van der Waals surface area contributed by atoms with E-state index in [1.807, 2.05) is 0 Å². The fourth-order valence-corrected chi connectivity index (χ4v) is 1.17. The molecule has 0 saturated carbocycles. The van der Waals surface area contributed by atoms with E-state index in [1.165, 1.54) is 10.9 Å². The first-order valence-corrected chi connectivity index (χ1v) is 4.62. The van der Waals surface area contributed by atoms with Crippen LogP contribution >= 0.6 is 11.6 Å². The third kappa shape index (κ3) is 2.68. The maximum atomic E-state index is 11.0. The smallest absolute Gasteiger partial charge is 0.321 e. The molecule has 0 aromatic carbocycles. The zero-order valence-electron chi connectivity index (χ0n) is 7.44. The topological polar surface area (TPSA) is 93.8 Å². The third-order valence-electron chi connectivity index (χ3n) is 1.84. The van der Waals surface area contributed by atoms with E-state index in [-0.39, 0.29) is 17.4 Å². The lowest BCUT2D eigenvalue weighted by molar-refractivity contribution is -0.118. The number of nitrogens with two attached hydrogens (primary N) is 1. The van der Waals surface area contributed by atoms with Crippen molar-refractivity contribution in [3.05, 3.63) is 16.8 Å². The van der Waals surface area contributed by atoms with E-state index in [0.29, 0.717) is 13.0 Å². The van der Waals surface area contributed by atoms with Gasteiger partial charge in [0.2, 0.25) is 0 Å². The molecule has 78 valence electrons. The van der Waals surface area contributed by atoms with Crippen LogP contribution in [0.25, 0.3) is 0 Å². The van der Waals surface area contributed by atoms with Gasteiger partial charge in [-0.1, -0.05) is 0 Å². The van der Waals surface area contributed by atoms with Crippen LogP contribution in [0.3, 0.4) is 0 Å². The summed E-state index contributed by atoms with van der Waals surface area (Å²) in [7, 11) is 0. The van der Waals surface area contributed by atoms with Gasteiger partial charge in [-0.05, 0) is 6.42 Å². The molecule has 0 unspecified atom stereocenters. The number of alkyl halides is 1. The van der Waals surface area contributed by atoms with E-state index in [1.54, 1.807) is 0 Å². The van der Waals surface area contributed by atoms with Gasteiger partial charge in [-0.3, -0.25) is 9.36 Å². The predicted molar refractivity (Wildman–Crippen MR) is 51.2 cm³/mol. The Kier molecular flexibility index (Phi) is 3.84. The largest absolute Gasteiger partial charge is 0.343 e. The highest BCUT2D eigenvalue weighted by molar-refractivity contribution is 6.28. The van der Waals surface area contributed by atoms with Gasteiger partial charge in [0.15, 0.2) is 5.78 Å². The van der Waals surface area contributed by atoms with Crippen molar-refractivity contribution in [3.63, 3.8) is 0 Å². The number of aryl methyl sites for hydroxylation is 1. The fourth-order valence-electron chi connectivity index (χ4n) is 0.968. The Morgan fingerprint density at radius 1 is 1.79 bits per heavy atom. The van der Waals surface area contributed by atoms with Crippen molar-refractivity contribution < 1.29 is 4.79 Å². The second-order valence-corrected chi connectivity index (χ2v) is 3.12. The van der Waals surface area contributed by atoms with E-state index in [9.17, 15) is 9.59 Å². The zero-order valence-corrected chi connectivity index (χ0v) is 8.20. The number of ketones is 1. The number of nitrogens with one attached hydrogen (secondary N) is 1. The highest BCUT2D eigenvalue weighted by Crippen LogP contribution is 1.94. The van der Waals surface area contributed by atoms with Crippen molar-refractivity contribution in [1.29, 1.82) is 0 Å². The van der Waals surface area contributed by atoms with Crippen LogP contribution in [0.5, 0.6) is 0 Å². The number of H-pyrrole nitrogens is 1. The quantitative estimate of drug-likeness (QED) is 0.626. The second-order valence-electron chi connectivity index (χ2n) is 2.85. The minimum atomic E-state index is -0.616.